The van der Waals surface area contributed by atoms with E-state index in [4.69, 9.17) is 14.7 Å². The Morgan fingerprint density at radius 1 is 0.943 bits per heavy atom. The fourth-order valence-corrected chi connectivity index (χ4v) is 4.11. The van der Waals surface area contributed by atoms with Gasteiger partial charge in [0, 0.05) is 24.2 Å². The Bertz CT molecular complexity index is 1290. The summed E-state index contributed by atoms with van der Waals surface area (Å²) in [4.78, 5) is 27.3. The minimum absolute atomic E-state index is 0.228. The van der Waals surface area contributed by atoms with E-state index in [-0.39, 0.29) is 5.91 Å². The summed E-state index contributed by atoms with van der Waals surface area (Å²) in [6.45, 7) is 0.785. The number of nitrogens with one attached hydrogen (secondary N) is 1. The Kier molecular flexibility index (Phi) is 7.12. The lowest BCUT2D eigenvalue weighted by atomic mass is 9.95. The molecule has 1 aliphatic heterocycles. The van der Waals surface area contributed by atoms with Gasteiger partial charge in [-0.05, 0) is 71.1 Å². The van der Waals surface area contributed by atoms with Gasteiger partial charge in [-0.15, -0.1) is 0 Å². The molecule has 0 unspecified atom stereocenters. The van der Waals surface area contributed by atoms with E-state index in [1.54, 1.807) is 60.0 Å². The second kappa shape index (κ2) is 10.4. The number of rotatable bonds is 6. The zero-order valence-corrected chi connectivity index (χ0v) is 19.4. The highest BCUT2D eigenvalue weighted by atomic mass is 19.1. The SMILES string of the molecule is COc1ccc(/C=C(/C(=O)N2CCc3ccc(C(=O)NO)cc3C2)c2ccc(F)cc2)cc1OC. The lowest BCUT2D eigenvalue weighted by Gasteiger charge is -2.30. The summed E-state index contributed by atoms with van der Waals surface area (Å²) in [6, 6.07) is 16.3. The van der Waals surface area contributed by atoms with Gasteiger partial charge in [-0.1, -0.05) is 24.3 Å². The van der Waals surface area contributed by atoms with Crippen LogP contribution in [-0.2, 0) is 17.8 Å². The third kappa shape index (κ3) is 5.17. The van der Waals surface area contributed by atoms with Crippen LogP contribution < -0.4 is 15.0 Å². The van der Waals surface area contributed by atoms with E-state index >= 15 is 0 Å². The standard InChI is InChI=1S/C27H25FN2O5/c1-34-24-10-3-17(14-25(24)35-2)13-23(19-6-8-22(28)9-7-19)27(32)30-12-11-18-4-5-20(26(31)29-33)15-21(18)16-30/h3-10,13-15,33H,11-12,16H2,1-2H3,(H,29,31)/b23-13+. The van der Waals surface area contributed by atoms with Gasteiger partial charge in [0.05, 0.1) is 14.2 Å². The Balaban J connectivity index is 1.71. The molecule has 4 rings (SSSR count). The molecule has 0 spiro atoms. The molecule has 0 fully saturated rings. The van der Waals surface area contributed by atoms with Crippen LogP contribution in [0.3, 0.4) is 0 Å². The van der Waals surface area contributed by atoms with E-state index in [0.717, 1.165) is 16.7 Å². The summed E-state index contributed by atoms with van der Waals surface area (Å²) in [5, 5.41) is 8.95. The number of methoxy groups -OCH3 is 2. The van der Waals surface area contributed by atoms with Gasteiger partial charge in [0.1, 0.15) is 5.82 Å². The van der Waals surface area contributed by atoms with E-state index in [0.29, 0.717) is 47.7 Å². The molecule has 0 aromatic heterocycles. The van der Waals surface area contributed by atoms with Gasteiger partial charge in [-0.3, -0.25) is 14.8 Å². The van der Waals surface area contributed by atoms with E-state index in [9.17, 15) is 14.0 Å². The average Bonchev–Trinajstić information content (AvgIpc) is 2.90. The number of fused-ring (bicyclic) bond motifs is 1. The summed E-state index contributed by atoms with van der Waals surface area (Å²) in [5.74, 6) is -0.151. The minimum atomic E-state index is -0.614. The fraction of sp³-hybridized carbons (Fsp3) is 0.185. The van der Waals surface area contributed by atoms with Crippen molar-refractivity contribution < 1.29 is 28.7 Å². The van der Waals surface area contributed by atoms with Crippen LogP contribution in [-0.4, -0.2) is 42.7 Å². The molecule has 0 radical (unpaired) electrons. The van der Waals surface area contributed by atoms with E-state index in [1.807, 2.05) is 12.1 Å². The van der Waals surface area contributed by atoms with Crippen LogP contribution in [0.15, 0.2) is 60.7 Å². The Morgan fingerprint density at radius 3 is 2.34 bits per heavy atom. The summed E-state index contributed by atoms with van der Waals surface area (Å²) in [6.07, 6.45) is 2.36. The molecular weight excluding hydrogens is 451 g/mol. The first-order valence-electron chi connectivity index (χ1n) is 11.0. The van der Waals surface area contributed by atoms with Crippen molar-refractivity contribution in [1.82, 2.24) is 10.4 Å². The van der Waals surface area contributed by atoms with Gasteiger partial charge in [-0.25, -0.2) is 9.87 Å². The first-order chi connectivity index (χ1) is 16.9. The summed E-state index contributed by atoms with van der Waals surface area (Å²) in [7, 11) is 3.08. The highest BCUT2D eigenvalue weighted by Gasteiger charge is 2.25. The minimum Gasteiger partial charge on any atom is -0.493 e. The van der Waals surface area contributed by atoms with Crippen molar-refractivity contribution in [3.05, 3.63) is 94.3 Å². The second-order valence-corrected chi connectivity index (χ2v) is 8.08. The highest BCUT2D eigenvalue weighted by molar-refractivity contribution is 6.24. The number of hydrogen-bond acceptors (Lipinski definition) is 5. The summed E-state index contributed by atoms with van der Waals surface area (Å²) < 4.78 is 24.3. The largest absolute Gasteiger partial charge is 0.493 e. The second-order valence-electron chi connectivity index (χ2n) is 8.08. The molecule has 3 aromatic carbocycles. The molecular formula is C27H25FN2O5. The van der Waals surface area contributed by atoms with Gasteiger partial charge < -0.3 is 14.4 Å². The van der Waals surface area contributed by atoms with Gasteiger partial charge in [0.15, 0.2) is 11.5 Å². The number of carbonyl (C=O) groups excluding carboxylic acids is 2. The Hall–Kier alpha value is -4.17. The number of hydrogen-bond donors (Lipinski definition) is 2. The molecule has 0 atom stereocenters. The molecule has 1 heterocycles. The van der Waals surface area contributed by atoms with Gasteiger partial charge >= 0.3 is 0 Å². The van der Waals surface area contributed by atoms with E-state index in [1.165, 1.54) is 19.2 Å². The van der Waals surface area contributed by atoms with Crippen molar-refractivity contribution in [2.75, 3.05) is 20.8 Å². The number of nitrogens with zero attached hydrogens (tertiary/aromatic N) is 1. The zero-order valence-electron chi connectivity index (χ0n) is 19.4. The first-order valence-corrected chi connectivity index (χ1v) is 11.0. The smallest absolute Gasteiger partial charge is 0.274 e. The molecule has 180 valence electrons. The van der Waals surface area contributed by atoms with Gasteiger partial charge in [0.25, 0.3) is 11.8 Å². The Labute approximate surface area is 202 Å². The topological polar surface area (TPSA) is 88.1 Å². The molecule has 1 aliphatic rings. The third-order valence-electron chi connectivity index (χ3n) is 5.97. The molecule has 0 aliphatic carbocycles. The van der Waals surface area contributed by atoms with Crippen LogP contribution in [0.4, 0.5) is 4.39 Å². The van der Waals surface area contributed by atoms with Crippen LogP contribution in [0.2, 0.25) is 0 Å². The molecule has 35 heavy (non-hydrogen) atoms. The van der Waals surface area contributed by atoms with E-state index < -0.39 is 11.7 Å². The highest BCUT2D eigenvalue weighted by Crippen LogP contribution is 2.31. The maximum atomic E-state index is 13.7. The van der Waals surface area contributed by atoms with Crippen molar-refractivity contribution in [3.63, 3.8) is 0 Å². The molecule has 0 bridgehead atoms. The zero-order chi connectivity index (χ0) is 24.9. The summed E-state index contributed by atoms with van der Waals surface area (Å²) in [5.41, 5.74) is 5.49. The third-order valence-corrected chi connectivity index (χ3v) is 5.97. The lowest BCUT2D eigenvalue weighted by molar-refractivity contribution is -0.125. The normalized spacial score (nSPS) is 13.1. The quantitative estimate of drug-likeness (QED) is 0.242. The van der Waals surface area contributed by atoms with Crippen molar-refractivity contribution in [3.8, 4) is 11.5 Å². The Morgan fingerprint density at radius 2 is 1.66 bits per heavy atom. The molecule has 2 N–H and O–H groups in total. The molecule has 0 saturated heterocycles. The van der Waals surface area contributed by atoms with Gasteiger partial charge in [-0.2, -0.15) is 0 Å². The molecule has 8 heteroatoms. The van der Waals surface area contributed by atoms with Crippen molar-refractivity contribution in [2.45, 2.75) is 13.0 Å². The predicted octanol–water partition coefficient (Wildman–Crippen LogP) is 4.09. The predicted molar refractivity (Wildman–Crippen MR) is 129 cm³/mol. The molecule has 7 nitrogen and oxygen atoms in total. The molecule has 2 amide bonds. The molecule has 3 aromatic rings. The number of amides is 2. The average molecular weight is 477 g/mol. The first kappa shape index (κ1) is 24.0. The van der Waals surface area contributed by atoms with Crippen LogP contribution in [0.1, 0.15) is 32.6 Å². The van der Waals surface area contributed by atoms with E-state index in [2.05, 4.69) is 0 Å². The van der Waals surface area contributed by atoms with Crippen LogP contribution in [0.5, 0.6) is 11.5 Å². The van der Waals surface area contributed by atoms with Crippen molar-refractivity contribution in [1.29, 1.82) is 0 Å². The maximum Gasteiger partial charge on any atom is 0.274 e. The van der Waals surface area contributed by atoms with Gasteiger partial charge in [0.2, 0.25) is 0 Å². The van der Waals surface area contributed by atoms with Crippen LogP contribution in [0, 0.1) is 5.82 Å². The van der Waals surface area contributed by atoms with Crippen LogP contribution >= 0.6 is 0 Å². The van der Waals surface area contributed by atoms with Crippen molar-refractivity contribution >= 4 is 23.5 Å². The maximum absolute atomic E-state index is 13.7. The van der Waals surface area contributed by atoms with Crippen LogP contribution in [0.25, 0.3) is 11.6 Å². The number of benzene rings is 3. The monoisotopic (exact) mass is 476 g/mol. The number of carbonyl (C=O) groups is 2. The van der Waals surface area contributed by atoms with Crippen molar-refractivity contribution in [2.24, 2.45) is 0 Å². The number of ether oxygens (including phenoxy) is 2. The summed E-state index contributed by atoms with van der Waals surface area (Å²) >= 11 is 0. The number of halogens is 1. The number of hydroxylamine groups is 1. The lowest BCUT2D eigenvalue weighted by Crippen LogP contribution is -2.36. The fourth-order valence-electron chi connectivity index (χ4n) is 4.11. The molecule has 0 saturated carbocycles.